The van der Waals surface area contributed by atoms with E-state index in [9.17, 15) is 9.59 Å². The van der Waals surface area contributed by atoms with Gasteiger partial charge < -0.3 is 5.32 Å². The molecule has 1 spiro atoms. The summed E-state index contributed by atoms with van der Waals surface area (Å²) in [6, 6.07) is 3.33. The molecule has 1 aromatic rings. The van der Waals surface area contributed by atoms with Crippen molar-refractivity contribution in [2.45, 2.75) is 23.9 Å². The fourth-order valence-electron chi connectivity index (χ4n) is 2.26. The summed E-state index contributed by atoms with van der Waals surface area (Å²) in [5.41, 5.74) is 0.819. The summed E-state index contributed by atoms with van der Waals surface area (Å²) in [6.45, 7) is 1.91. The van der Waals surface area contributed by atoms with Gasteiger partial charge in [0.1, 0.15) is 10.6 Å². The number of amides is 3. The molecule has 3 rings (SSSR count). The second-order valence-electron chi connectivity index (χ2n) is 4.22. The molecule has 2 N–H and O–H groups in total. The second-order valence-corrected chi connectivity index (χ2v) is 5.30. The maximum Gasteiger partial charge on any atom is 0.322 e. The number of aryl methyl sites for hydroxylation is 1. The molecule has 3 amide bonds. The van der Waals surface area contributed by atoms with Crippen molar-refractivity contribution < 1.29 is 9.59 Å². The highest BCUT2D eigenvalue weighted by molar-refractivity contribution is 7.99. The largest absolute Gasteiger partial charge is 0.322 e. The van der Waals surface area contributed by atoms with Crippen molar-refractivity contribution >= 4 is 23.7 Å². The molecule has 2 aliphatic heterocycles. The topological polar surface area (TPSA) is 71.1 Å². The van der Waals surface area contributed by atoms with Gasteiger partial charge in [-0.15, -0.1) is 11.8 Å². The molecule has 0 aromatic carbocycles. The van der Waals surface area contributed by atoms with Crippen LogP contribution >= 0.6 is 11.8 Å². The number of imide groups is 1. The number of fused-ring (bicyclic) bond motifs is 2. The summed E-state index contributed by atoms with van der Waals surface area (Å²) in [5.74, 6) is 0.506. The minimum atomic E-state index is -0.904. The quantitative estimate of drug-likeness (QED) is 0.671. The molecule has 0 bridgehead atoms. The number of pyridine rings is 1. The zero-order valence-electron chi connectivity index (χ0n) is 9.24. The molecule has 17 heavy (non-hydrogen) atoms. The van der Waals surface area contributed by atoms with Crippen LogP contribution in [0.15, 0.2) is 17.2 Å². The van der Waals surface area contributed by atoms with Crippen molar-refractivity contribution in [3.05, 3.63) is 23.4 Å². The van der Waals surface area contributed by atoms with E-state index < -0.39 is 11.6 Å². The lowest BCUT2D eigenvalue weighted by Gasteiger charge is -2.31. The molecule has 88 valence electrons. The number of urea groups is 1. The summed E-state index contributed by atoms with van der Waals surface area (Å²) in [7, 11) is 0. The summed E-state index contributed by atoms with van der Waals surface area (Å²) < 4.78 is 0. The van der Waals surface area contributed by atoms with E-state index in [4.69, 9.17) is 0 Å². The SMILES string of the molecule is Cc1ccc2c(n1)SCCC21NC(=O)NC1=O. The smallest absolute Gasteiger partial charge is 0.319 e. The standard InChI is InChI=1S/C11H11N3O2S/c1-6-2-3-7-8(12-6)17-5-4-11(7)9(15)13-10(16)14-11/h2-3H,4-5H2,1H3,(H2,13,14,15,16). The Kier molecular flexibility index (Phi) is 2.16. The number of thioether (sulfide) groups is 1. The van der Waals surface area contributed by atoms with E-state index in [-0.39, 0.29) is 5.91 Å². The van der Waals surface area contributed by atoms with Gasteiger partial charge in [-0.05, 0) is 19.4 Å². The lowest BCUT2D eigenvalue weighted by molar-refractivity contribution is -0.124. The van der Waals surface area contributed by atoms with E-state index in [1.807, 2.05) is 19.1 Å². The highest BCUT2D eigenvalue weighted by Gasteiger charge is 2.50. The highest BCUT2D eigenvalue weighted by Crippen LogP contribution is 2.40. The first kappa shape index (κ1) is 10.6. The third-order valence-electron chi connectivity index (χ3n) is 3.12. The maximum atomic E-state index is 12.0. The number of nitrogens with zero attached hydrogens (tertiary/aromatic N) is 1. The Bertz CT molecular complexity index is 531. The highest BCUT2D eigenvalue weighted by atomic mass is 32.2. The Balaban J connectivity index is 2.17. The van der Waals surface area contributed by atoms with Crippen molar-refractivity contribution in [1.82, 2.24) is 15.6 Å². The minimum Gasteiger partial charge on any atom is -0.319 e. The van der Waals surface area contributed by atoms with E-state index >= 15 is 0 Å². The summed E-state index contributed by atoms with van der Waals surface area (Å²) in [6.07, 6.45) is 0.604. The molecular weight excluding hydrogens is 238 g/mol. The van der Waals surface area contributed by atoms with Gasteiger partial charge in [-0.1, -0.05) is 6.07 Å². The van der Waals surface area contributed by atoms with Gasteiger partial charge >= 0.3 is 6.03 Å². The van der Waals surface area contributed by atoms with Crippen LogP contribution in [0.4, 0.5) is 4.79 Å². The van der Waals surface area contributed by atoms with E-state index in [1.165, 1.54) is 0 Å². The zero-order valence-corrected chi connectivity index (χ0v) is 10.1. The Morgan fingerprint density at radius 1 is 1.41 bits per heavy atom. The number of carbonyl (C=O) groups is 2. The predicted molar refractivity (Wildman–Crippen MR) is 62.7 cm³/mol. The fourth-order valence-corrected chi connectivity index (χ4v) is 3.47. The monoisotopic (exact) mass is 249 g/mol. The second kappa shape index (κ2) is 3.46. The van der Waals surface area contributed by atoms with Crippen LogP contribution in [0.5, 0.6) is 0 Å². The Morgan fingerprint density at radius 3 is 2.94 bits per heavy atom. The Morgan fingerprint density at radius 2 is 2.24 bits per heavy atom. The molecule has 6 heteroatoms. The van der Waals surface area contributed by atoms with Gasteiger partial charge in [0, 0.05) is 17.0 Å². The molecule has 3 heterocycles. The molecule has 0 saturated carbocycles. The third kappa shape index (κ3) is 1.44. The lowest BCUT2D eigenvalue weighted by Crippen LogP contribution is -2.46. The van der Waals surface area contributed by atoms with Crippen LogP contribution in [0.3, 0.4) is 0 Å². The molecule has 1 atom stereocenters. The van der Waals surface area contributed by atoms with Crippen molar-refractivity contribution in [2.75, 3.05) is 5.75 Å². The van der Waals surface area contributed by atoms with Gasteiger partial charge in [0.2, 0.25) is 0 Å². The minimum absolute atomic E-state index is 0.269. The summed E-state index contributed by atoms with van der Waals surface area (Å²) in [4.78, 5) is 27.7. The van der Waals surface area contributed by atoms with E-state index in [0.717, 1.165) is 22.0 Å². The normalized spacial score (nSPS) is 26.6. The number of hydrogen-bond acceptors (Lipinski definition) is 4. The first-order chi connectivity index (χ1) is 8.12. The summed E-state index contributed by atoms with van der Waals surface area (Å²) >= 11 is 1.62. The van der Waals surface area contributed by atoms with Gasteiger partial charge in [-0.3, -0.25) is 10.1 Å². The van der Waals surface area contributed by atoms with Crippen LogP contribution in [0.2, 0.25) is 0 Å². The van der Waals surface area contributed by atoms with Crippen molar-refractivity contribution in [2.24, 2.45) is 0 Å². The summed E-state index contributed by atoms with van der Waals surface area (Å²) in [5, 5.41) is 5.89. The number of aromatic nitrogens is 1. The van der Waals surface area contributed by atoms with E-state index in [2.05, 4.69) is 15.6 Å². The van der Waals surface area contributed by atoms with Crippen LogP contribution in [0.25, 0.3) is 0 Å². The van der Waals surface area contributed by atoms with E-state index in [0.29, 0.717) is 6.42 Å². The van der Waals surface area contributed by atoms with Gasteiger partial charge in [0.15, 0.2) is 0 Å². The molecular formula is C11H11N3O2S. The average Bonchev–Trinajstić information content (AvgIpc) is 2.54. The van der Waals surface area contributed by atoms with Crippen LogP contribution in [0.1, 0.15) is 17.7 Å². The van der Waals surface area contributed by atoms with Gasteiger partial charge in [-0.25, -0.2) is 9.78 Å². The van der Waals surface area contributed by atoms with Crippen molar-refractivity contribution in [3.8, 4) is 0 Å². The van der Waals surface area contributed by atoms with Crippen LogP contribution in [0, 0.1) is 6.92 Å². The molecule has 2 aliphatic rings. The molecule has 1 unspecified atom stereocenters. The Hall–Kier alpha value is -1.56. The molecule has 1 saturated heterocycles. The van der Waals surface area contributed by atoms with Crippen LogP contribution in [-0.4, -0.2) is 22.7 Å². The third-order valence-corrected chi connectivity index (χ3v) is 4.11. The van der Waals surface area contributed by atoms with Gasteiger partial charge in [-0.2, -0.15) is 0 Å². The van der Waals surface area contributed by atoms with Crippen molar-refractivity contribution in [1.29, 1.82) is 0 Å². The van der Waals surface area contributed by atoms with E-state index in [1.54, 1.807) is 11.8 Å². The molecule has 0 aliphatic carbocycles. The number of carbonyl (C=O) groups excluding carboxylic acids is 2. The van der Waals surface area contributed by atoms with Gasteiger partial charge in [0.05, 0.1) is 0 Å². The first-order valence-corrected chi connectivity index (χ1v) is 6.35. The Labute approximate surface area is 102 Å². The predicted octanol–water partition coefficient (Wildman–Crippen LogP) is 0.921. The fraction of sp³-hybridized carbons (Fsp3) is 0.364. The molecule has 1 fully saturated rings. The zero-order chi connectivity index (χ0) is 12.0. The average molecular weight is 249 g/mol. The number of hydrogen-bond donors (Lipinski definition) is 2. The van der Waals surface area contributed by atoms with Crippen molar-refractivity contribution in [3.63, 3.8) is 0 Å². The lowest BCUT2D eigenvalue weighted by atomic mass is 9.88. The van der Waals surface area contributed by atoms with Crippen LogP contribution < -0.4 is 10.6 Å². The van der Waals surface area contributed by atoms with Crippen LogP contribution in [-0.2, 0) is 10.3 Å². The van der Waals surface area contributed by atoms with Gasteiger partial charge in [0.25, 0.3) is 5.91 Å². The maximum absolute atomic E-state index is 12.0. The number of nitrogens with one attached hydrogen (secondary N) is 2. The molecule has 0 radical (unpaired) electrons. The first-order valence-electron chi connectivity index (χ1n) is 5.36. The molecule has 1 aromatic heterocycles. The number of rotatable bonds is 0. The molecule has 5 nitrogen and oxygen atoms in total.